The molecule has 2 heterocycles. The second-order valence-corrected chi connectivity index (χ2v) is 6.53. The normalized spacial score (nSPS) is 12.2. The number of rotatable bonds is 4. The molecule has 25 heavy (non-hydrogen) atoms. The maximum absolute atomic E-state index is 12.5. The van der Waals surface area contributed by atoms with Crippen LogP contribution in [0.1, 0.15) is 18.4 Å². The molecule has 2 aromatic heterocycles. The van der Waals surface area contributed by atoms with Gasteiger partial charge < -0.3 is 10.3 Å². The Kier molecular flexibility index (Phi) is 4.03. The highest BCUT2D eigenvalue weighted by molar-refractivity contribution is 7.07. The SMILES string of the molecule is C[C@@H](C(=O)Nc1ccc2nc(-c3cscn3)[nH]c2c1)c1ccccc1. The summed E-state index contributed by atoms with van der Waals surface area (Å²) in [6, 6.07) is 15.4. The molecule has 0 saturated heterocycles. The molecule has 0 bridgehead atoms. The Bertz CT molecular complexity index is 1010. The third-order valence-electron chi connectivity index (χ3n) is 4.12. The fraction of sp³-hybridized carbons (Fsp3) is 0.105. The molecular weight excluding hydrogens is 332 g/mol. The Hall–Kier alpha value is -2.99. The number of benzene rings is 2. The Morgan fingerprint density at radius 1 is 1.20 bits per heavy atom. The first kappa shape index (κ1) is 15.5. The number of aromatic nitrogens is 3. The molecule has 0 aliphatic rings. The van der Waals surface area contributed by atoms with E-state index < -0.39 is 0 Å². The average molecular weight is 348 g/mol. The van der Waals surface area contributed by atoms with E-state index in [1.54, 1.807) is 5.51 Å². The summed E-state index contributed by atoms with van der Waals surface area (Å²) in [5.74, 6) is 0.478. The van der Waals surface area contributed by atoms with Crippen LogP contribution in [0.3, 0.4) is 0 Å². The number of anilines is 1. The van der Waals surface area contributed by atoms with Gasteiger partial charge in [-0.1, -0.05) is 30.3 Å². The number of aromatic amines is 1. The second kappa shape index (κ2) is 6.49. The van der Waals surface area contributed by atoms with Crippen molar-refractivity contribution in [3.63, 3.8) is 0 Å². The van der Waals surface area contributed by atoms with Crippen molar-refractivity contribution in [2.75, 3.05) is 5.32 Å². The predicted octanol–water partition coefficient (Wildman–Crippen LogP) is 4.43. The van der Waals surface area contributed by atoms with Gasteiger partial charge in [-0.3, -0.25) is 4.79 Å². The number of fused-ring (bicyclic) bond motifs is 1. The van der Waals surface area contributed by atoms with Crippen LogP contribution >= 0.6 is 11.3 Å². The van der Waals surface area contributed by atoms with Gasteiger partial charge in [0.05, 0.1) is 22.5 Å². The van der Waals surface area contributed by atoms with Crippen molar-refractivity contribution in [3.05, 3.63) is 65.0 Å². The van der Waals surface area contributed by atoms with Crippen molar-refractivity contribution in [2.45, 2.75) is 12.8 Å². The monoisotopic (exact) mass is 348 g/mol. The van der Waals surface area contributed by atoms with Gasteiger partial charge >= 0.3 is 0 Å². The van der Waals surface area contributed by atoms with E-state index in [1.807, 2.05) is 60.8 Å². The minimum absolute atomic E-state index is 0.0372. The van der Waals surface area contributed by atoms with Crippen LogP contribution in [-0.2, 0) is 4.79 Å². The van der Waals surface area contributed by atoms with Crippen molar-refractivity contribution in [1.29, 1.82) is 0 Å². The summed E-state index contributed by atoms with van der Waals surface area (Å²) in [6.07, 6.45) is 0. The van der Waals surface area contributed by atoms with Crippen LogP contribution in [0, 0.1) is 0 Å². The standard InChI is InChI=1S/C19H16N4OS/c1-12(13-5-3-2-4-6-13)19(24)21-14-7-8-15-16(9-14)23-18(22-15)17-10-25-11-20-17/h2-12H,1H3,(H,21,24)(H,22,23)/t12-/m1/s1. The Balaban J connectivity index is 1.56. The summed E-state index contributed by atoms with van der Waals surface area (Å²) in [7, 11) is 0. The molecule has 0 saturated carbocycles. The van der Waals surface area contributed by atoms with E-state index in [-0.39, 0.29) is 11.8 Å². The van der Waals surface area contributed by atoms with E-state index in [0.29, 0.717) is 0 Å². The maximum atomic E-state index is 12.5. The molecule has 4 aromatic rings. The highest BCUT2D eigenvalue weighted by atomic mass is 32.1. The van der Waals surface area contributed by atoms with E-state index >= 15 is 0 Å². The largest absolute Gasteiger partial charge is 0.337 e. The zero-order valence-electron chi connectivity index (χ0n) is 13.6. The zero-order chi connectivity index (χ0) is 17.2. The van der Waals surface area contributed by atoms with E-state index in [9.17, 15) is 4.79 Å². The van der Waals surface area contributed by atoms with Gasteiger partial charge in [-0.05, 0) is 30.7 Å². The second-order valence-electron chi connectivity index (χ2n) is 5.81. The van der Waals surface area contributed by atoms with Crippen LogP contribution in [0.4, 0.5) is 5.69 Å². The van der Waals surface area contributed by atoms with Crippen LogP contribution in [0.15, 0.2) is 59.4 Å². The van der Waals surface area contributed by atoms with Crippen molar-refractivity contribution in [3.8, 4) is 11.5 Å². The molecule has 0 aliphatic heterocycles. The van der Waals surface area contributed by atoms with Gasteiger partial charge in [0.1, 0.15) is 5.69 Å². The third-order valence-corrected chi connectivity index (χ3v) is 4.70. The Morgan fingerprint density at radius 2 is 2.04 bits per heavy atom. The van der Waals surface area contributed by atoms with Crippen LogP contribution in [-0.4, -0.2) is 20.9 Å². The van der Waals surface area contributed by atoms with E-state index in [1.165, 1.54) is 11.3 Å². The molecule has 0 unspecified atom stereocenters. The van der Waals surface area contributed by atoms with Crippen LogP contribution < -0.4 is 5.32 Å². The molecule has 1 atom stereocenters. The van der Waals surface area contributed by atoms with Gasteiger partial charge in [-0.2, -0.15) is 0 Å². The molecule has 2 aromatic carbocycles. The number of thiazole rings is 1. The summed E-state index contributed by atoms with van der Waals surface area (Å²) in [4.78, 5) is 24.5. The lowest BCUT2D eigenvalue weighted by Gasteiger charge is -2.12. The van der Waals surface area contributed by atoms with Gasteiger partial charge in [-0.15, -0.1) is 11.3 Å². The first-order valence-electron chi connectivity index (χ1n) is 7.95. The van der Waals surface area contributed by atoms with E-state index in [2.05, 4.69) is 20.3 Å². The number of carbonyl (C=O) groups excluding carboxylic acids is 1. The number of carbonyl (C=O) groups is 1. The summed E-state index contributed by atoms with van der Waals surface area (Å²) in [5.41, 5.74) is 6.05. The van der Waals surface area contributed by atoms with Crippen molar-refractivity contribution < 1.29 is 4.79 Å². The molecule has 0 radical (unpaired) electrons. The average Bonchev–Trinajstić information content (AvgIpc) is 3.30. The van der Waals surface area contributed by atoms with Crippen LogP contribution in [0.25, 0.3) is 22.6 Å². The molecule has 0 aliphatic carbocycles. The number of hydrogen-bond donors (Lipinski definition) is 2. The predicted molar refractivity (Wildman–Crippen MR) is 101 cm³/mol. The minimum Gasteiger partial charge on any atom is -0.337 e. The lowest BCUT2D eigenvalue weighted by Crippen LogP contribution is -2.18. The fourth-order valence-corrected chi connectivity index (χ4v) is 3.22. The smallest absolute Gasteiger partial charge is 0.231 e. The zero-order valence-corrected chi connectivity index (χ0v) is 14.4. The molecule has 5 nitrogen and oxygen atoms in total. The lowest BCUT2D eigenvalue weighted by molar-refractivity contribution is -0.117. The lowest BCUT2D eigenvalue weighted by atomic mass is 10.0. The molecule has 2 N–H and O–H groups in total. The molecular formula is C19H16N4OS. The van der Waals surface area contributed by atoms with Gasteiger partial charge in [-0.25, -0.2) is 9.97 Å². The molecule has 6 heteroatoms. The third kappa shape index (κ3) is 3.16. The molecule has 0 spiro atoms. The summed E-state index contributed by atoms with van der Waals surface area (Å²) < 4.78 is 0. The summed E-state index contributed by atoms with van der Waals surface area (Å²) in [5, 5.41) is 4.92. The molecule has 124 valence electrons. The fourth-order valence-electron chi connectivity index (χ4n) is 2.68. The molecule has 4 rings (SSSR count). The van der Waals surface area contributed by atoms with E-state index in [0.717, 1.165) is 33.8 Å². The van der Waals surface area contributed by atoms with Gasteiger partial charge in [0, 0.05) is 11.1 Å². The number of H-pyrrole nitrogens is 1. The topological polar surface area (TPSA) is 70.7 Å². The Morgan fingerprint density at radius 3 is 2.80 bits per heavy atom. The van der Waals surface area contributed by atoms with E-state index in [4.69, 9.17) is 0 Å². The molecule has 1 amide bonds. The Labute approximate surface area is 148 Å². The van der Waals surface area contributed by atoms with Crippen molar-refractivity contribution >= 4 is 34.0 Å². The summed E-state index contributed by atoms with van der Waals surface area (Å²) in [6.45, 7) is 1.90. The first-order chi connectivity index (χ1) is 12.2. The first-order valence-corrected chi connectivity index (χ1v) is 8.89. The van der Waals surface area contributed by atoms with Crippen LogP contribution in [0.2, 0.25) is 0 Å². The number of imidazole rings is 1. The highest BCUT2D eigenvalue weighted by Gasteiger charge is 2.15. The van der Waals surface area contributed by atoms with Crippen molar-refractivity contribution in [1.82, 2.24) is 15.0 Å². The van der Waals surface area contributed by atoms with Crippen molar-refractivity contribution in [2.24, 2.45) is 0 Å². The summed E-state index contributed by atoms with van der Waals surface area (Å²) >= 11 is 1.53. The van der Waals surface area contributed by atoms with Gasteiger partial charge in [0.15, 0.2) is 5.82 Å². The van der Waals surface area contributed by atoms with Gasteiger partial charge in [0.25, 0.3) is 0 Å². The number of nitrogens with zero attached hydrogens (tertiary/aromatic N) is 2. The quantitative estimate of drug-likeness (QED) is 0.573. The minimum atomic E-state index is -0.218. The van der Waals surface area contributed by atoms with Gasteiger partial charge in [0.2, 0.25) is 5.91 Å². The molecule has 0 fully saturated rings. The maximum Gasteiger partial charge on any atom is 0.231 e. The van der Waals surface area contributed by atoms with Crippen LogP contribution in [0.5, 0.6) is 0 Å². The number of nitrogens with one attached hydrogen (secondary N) is 2. The highest BCUT2D eigenvalue weighted by Crippen LogP contribution is 2.24. The number of hydrogen-bond acceptors (Lipinski definition) is 4. The number of amides is 1.